The minimum Gasteiger partial charge on any atom is -0.481 e. The van der Waals surface area contributed by atoms with Crippen LogP contribution in [0.2, 0.25) is 0 Å². The van der Waals surface area contributed by atoms with Gasteiger partial charge in [0.1, 0.15) is 0 Å². The lowest BCUT2D eigenvalue weighted by Gasteiger charge is -2.13. The van der Waals surface area contributed by atoms with Crippen molar-refractivity contribution in [2.45, 2.75) is 51.6 Å². The standard InChI is InChI=1S/C22H30O4/c1-2-19(23)15-16-20-18(14-17-21(20)24)12-10-8-6-4-3-5-7-9-11-13-22(25)26/h3-4,7-10,14-20,23H,2,5-6,11-13H2,1H3,(H,25,26)/b4-3-,9-7-,10-8-,16-15+/t18-,19+,20+/m0/s1. The second kappa shape index (κ2) is 13.1. The molecule has 0 heterocycles. The Morgan fingerprint density at radius 2 is 1.81 bits per heavy atom. The van der Waals surface area contributed by atoms with Crippen LogP contribution in [0.1, 0.15) is 45.4 Å². The number of allylic oxidation sites excluding steroid dienone is 9. The summed E-state index contributed by atoms with van der Waals surface area (Å²) in [5.41, 5.74) is 0. The Morgan fingerprint density at radius 1 is 1.15 bits per heavy atom. The molecule has 142 valence electrons. The highest BCUT2D eigenvalue weighted by Gasteiger charge is 2.26. The number of carboxylic acids is 1. The molecule has 0 saturated carbocycles. The van der Waals surface area contributed by atoms with Gasteiger partial charge in [0, 0.05) is 12.3 Å². The summed E-state index contributed by atoms with van der Waals surface area (Å²) in [6, 6.07) is 0. The van der Waals surface area contributed by atoms with Gasteiger partial charge in [-0.05, 0) is 44.1 Å². The van der Waals surface area contributed by atoms with E-state index in [2.05, 4.69) is 24.3 Å². The predicted octanol–water partition coefficient (Wildman–Crippen LogP) is 4.39. The summed E-state index contributed by atoms with van der Waals surface area (Å²) in [4.78, 5) is 22.3. The molecular formula is C22H30O4. The average molecular weight is 358 g/mol. The van der Waals surface area contributed by atoms with E-state index in [9.17, 15) is 14.7 Å². The van der Waals surface area contributed by atoms with Crippen LogP contribution in [0.5, 0.6) is 0 Å². The van der Waals surface area contributed by atoms with E-state index in [4.69, 9.17) is 5.11 Å². The van der Waals surface area contributed by atoms with Gasteiger partial charge >= 0.3 is 5.97 Å². The van der Waals surface area contributed by atoms with Gasteiger partial charge < -0.3 is 10.2 Å². The maximum atomic E-state index is 11.9. The van der Waals surface area contributed by atoms with Crippen LogP contribution in [0, 0.1) is 11.8 Å². The van der Waals surface area contributed by atoms with Gasteiger partial charge in [-0.15, -0.1) is 0 Å². The Bertz CT molecular complexity index is 581. The fourth-order valence-corrected chi connectivity index (χ4v) is 2.63. The zero-order valence-corrected chi connectivity index (χ0v) is 15.5. The van der Waals surface area contributed by atoms with Crippen LogP contribution in [0.25, 0.3) is 0 Å². The summed E-state index contributed by atoms with van der Waals surface area (Å²) in [6.07, 6.45) is 22.7. The van der Waals surface area contributed by atoms with Crippen LogP contribution in [-0.2, 0) is 9.59 Å². The number of hydrogen-bond donors (Lipinski definition) is 2. The van der Waals surface area contributed by atoms with E-state index in [1.165, 1.54) is 0 Å². The first-order valence-corrected chi connectivity index (χ1v) is 9.29. The van der Waals surface area contributed by atoms with Crippen LogP contribution in [0.3, 0.4) is 0 Å². The lowest BCUT2D eigenvalue weighted by Crippen LogP contribution is -2.13. The molecule has 0 spiro atoms. The maximum absolute atomic E-state index is 11.9. The molecule has 1 aliphatic rings. The van der Waals surface area contributed by atoms with Gasteiger partial charge in [-0.3, -0.25) is 9.59 Å². The van der Waals surface area contributed by atoms with Crippen molar-refractivity contribution in [1.29, 1.82) is 0 Å². The molecule has 0 bridgehead atoms. The van der Waals surface area contributed by atoms with Crippen molar-refractivity contribution in [1.82, 2.24) is 0 Å². The zero-order chi connectivity index (χ0) is 19.2. The van der Waals surface area contributed by atoms with Gasteiger partial charge in [0.05, 0.1) is 6.10 Å². The van der Waals surface area contributed by atoms with E-state index in [1.54, 1.807) is 12.2 Å². The van der Waals surface area contributed by atoms with E-state index in [0.717, 1.165) is 19.3 Å². The number of carboxylic acid groups (broad SMARTS) is 1. The van der Waals surface area contributed by atoms with Gasteiger partial charge in [-0.25, -0.2) is 0 Å². The van der Waals surface area contributed by atoms with Crippen molar-refractivity contribution in [2.75, 3.05) is 0 Å². The van der Waals surface area contributed by atoms with Gasteiger partial charge in [-0.1, -0.05) is 61.6 Å². The predicted molar refractivity (Wildman–Crippen MR) is 105 cm³/mol. The lowest BCUT2D eigenvalue weighted by atomic mass is 9.91. The fourth-order valence-electron chi connectivity index (χ4n) is 2.63. The molecule has 0 aromatic rings. The van der Waals surface area contributed by atoms with Gasteiger partial charge in [0.15, 0.2) is 5.78 Å². The summed E-state index contributed by atoms with van der Waals surface area (Å²) in [5.74, 6) is -0.654. The topological polar surface area (TPSA) is 74.6 Å². The number of aliphatic hydroxyl groups excluding tert-OH is 1. The second-order valence-corrected chi connectivity index (χ2v) is 6.37. The number of rotatable bonds is 12. The van der Waals surface area contributed by atoms with Crippen molar-refractivity contribution < 1.29 is 19.8 Å². The van der Waals surface area contributed by atoms with E-state index in [0.29, 0.717) is 12.8 Å². The Balaban J connectivity index is 2.27. The smallest absolute Gasteiger partial charge is 0.303 e. The van der Waals surface area contributed by atoms with Gasteiger partial charge in [-0.2, -0.15) is 0 Å². The van der Waals surface area contributed by atoms with Crippen LogP contribution in [0.15, 0.2) is 60.8 Å². The monoisotopic (exact) mass is 358 g/mol. The highest BCUT2D eigenvalue weighted by atomic mass is 16.4. The third-order valence-corrected chi connectivity index (χ3v) is 4.23. The molecular weight excluding hydrogens is 328 g/mol. The van der Waals surface area contributed by atoms with E-state index >= 15 is 0 Å². The average Bonchev–Trinajstić information content (AvgIpc) is 2.97. The number of carbonyl (C=O) groups is 2. The Morgan fingerprint density at radius 3 is 2.46 bits per heavy atom. The SMILES string of the molecule is CC[C@@H](O)/C=C/[C@H]1C(=O)C=C[C@@H]1C/C=C\C/C=C\C/C=C\CCC(=O)O. The van der Waals surface area contributed by atoms with Crippen LogP contribution in [0.4, 0.5) is 0 Å². The van der Waals surface area contributed by atoms with Gasteiger partial charge in [0.2, 0.25) is 0 Å². The molecule has 2 N–H and O–H groups in total. The van der Waals surface area contributed by atoms with E-state index < -0.39 is 12.1 Å². The fraction of sp³-hybridized carbons (Fsp3) is 0.455. The van der Waals surface area contributed by atoms with Crippen molar-refractivity contribution in [3.05, 3.63) is 60.8 Å². The third-order valence-electron chi connectivity index (χ3n) is 4.23. The van der Waals surface area contributed by atoms with Crippen molar-refractivity contribution in [3.63, 3.8) is 0 Å². The first kappa shape index (κ1) is 21.8. The first-order valence-electron chi connectivity index (χ1n) is 9.29. The summed E-state index contributed by atoms with van der Waals surface area (Å²) in [5, 5.41) is 18.1. The Hall–Kier alpha value is -2.20. The maximum Gasteiger partial charge on any atom is 0.303 e. The van der Waals surface area contributed by atoms with Crippen molar-refractivity contribution in [3.8, 4) is 0 Å². The zero-order valence-electron chi connectivity index (χ0n) is 15.5. The van der Waals surface area contributed by atoms with Gasteiger partial charge in [0.25, 0.3) is 0 Å². The Labute approximate surface area is 156 Å². The third kappa shape index (κ3) is 9.33. The van der Waals surface area contributed by atoms with Crippen LogP contribution < -0.4 is 0 Å². The van der Waals surface area contributed by atoms with Crippen molar-refractivity contribution in [2.24, 2.45) is 11.8 Å². The molecule has 4 nitrogen and oxygen atoms in total. The molecule has 26 heavy (non-hydrogen) atoms. The number of ketones is 1. The summed E-state index contributed by atoms with van der Waals surface area (Å²) >= 11 is 0. The molecule has 0 radical (unpaired) electrons. The Kier molecular flexibility index (Phi) is 11.0. The molecule has 0 saturated heterocycles. The minimum absolute atomic E-state index is 0.109. The van der Waals surface area contributed by atoms with Crippen molar-refractivity contribution >= 4 is 11.8 Å². The van der Waals surface area contributed by atoms with Crippen LogP contribution in [-0.4, -0.2) is 28.1 Å². The molecule has 0 aliphatic heterocycles. The normalized spacial score (nSPS) is 21.8. The lowest BCUT2D eigenvalue weighted by molar-refractivity contribution is -0.136. The van der Waals surface area contributed by atoms with E-state index in [-0.39, 0.29) is 24.0 Å². The number of aliphatic hydroxyl groups is 1. The molecule has 0 unspecified atom stereocenters. The molecule has 0 fully saturated rings. The summed E-state index contributed by atoms with van der Waals surface area (Å²) < 4.78 is 0. The number of carbonyl (C=O) groups excluding carboxylic acids is 1. The first-order chi connectivity index (χ1) is 12.5. The van der Waals surface area contributed by atoms with Crippen LogP contribution >= 0.6 is 0 Å². The van der Waals surface area contributed by atoms with E-state index in [1.807, 2.05) is 31.2 Å². The molecule has 1 aliphatic carbocycles. The molecule has 0 aromatic heterocycles. The number of hydrogen-bond acceptors (Lipinski definition) is 3. The molecule has 1 rings (SSSR count). The molecule has 4 heteroatoms. The molecule has 3 atom stereocenters. The molecule has 0 amide bonds. The minimum atomic E-state index is -0.770. The highest BCUT2D eigenvalue weighted by Crippen LogP contribution is 2.27. The number of aliphatic carboxylic acids is 1. The highest BCUT2D eigenvalue weighted by molar-refractivity contribution is 5.95. The second-order valence-electron chi connectivity index (χ2n) is 6.37. The quantitative estimate of drug-likeness (QED) is 0.507. The largest absolute Gasteiger partial charge is 0.481 e. The molecule has 0 aromatic carbocycles. The summed E-state index contributed by atoms with van der Waals surface area (Å²) in [6.45, 7) is 1.91. The summed E-state index contributed by atoms with van der Waals surface area (Å²) in [7, 11) is 0.